The number of hydrogen-bond acceptors (Lipinski definition) is 3. The summed E-state index contributed by atoms with van der Waals surface area (Å²) in [5, 5.41) is 14.7. The topological polar surface area (TPSA) is 111 Å². The van der Waals surface area contributed by atoms with Gasteiger partial charge in [-0.3, -0.25) is 15.1 Å². The lowest BCUT2D eigenvalue weighted by atomic mass is 9.75. The van der Waals surface area contributed by atoms with Gasteiger partial charge in [-0.1, -0.05) is 88.5 Å². The molecule has 34 heavy (non-hydrogen) atoms. The monoisotopic (exact) mass is 467 g/mol. The maximum absolute atomic E-state index is 13.9. The Hall–Kier alpha value is -2.57. The lowest BCUT2D eigenvalue weighted by molar-refractivity contribution is -0.132. The van der Waals surface area contributed by atoms with E-state index in [-0.39, 0.29) is 11.9 Å². The zero-order chi connectivity index (χ0) is 24.0. The molecule has 3 amide bonds. The van der Waals surface area contributed by atoms with Crippen molar-refractivity contribution in [2.24, 2.45) is 17.6 Å². The molecule has 3 fully saturated rings. The lowest BCUT2D eigenvalue weighted by Crippen LogP contribution is -2.49. The summed E-state index contributed by atoms with van der Waals surface area (Å²) in [5.74, 6) is 1.57. The zero-order valence-corrected chi connectivity index (χ0v) is 20.4. The van der Waals surface area contributed by atoms with Crippen LogP contribution >= 0.6 is 0 Å². The van der Waals surface area contributed by atoms with Gasteiger partial charge in [-0.15, -0.1) is 0 Å². The second kappa shape index (κ2) is 11.2. The van der Waals surface area contributed by atoms with Gasteiger partial charge in [0.2, 0.25) is 0 Å². The highest BCUT2D eigenvalue weighted by atomic mass is 16.2. The molecule has 0 unspecified atom stereocenters. The molecular formula is C27H41N5O2. The van der Waals surface area contributed by atoms with E-state index in [0.29, 0.717) is 24.9 Å². The van der Waals surface area contributed by atoms with Crippen LogP contribution in [-0.4, -0.2) is 28.3 Å². The Morgan fingerprint density at radius 3 is 2.38 bits per heavy atom. The fraction of sp³-hybridized carbons (Fsp3) is 0.667. The Balaban J connectivity index is 1.48. The van der Waals surface area contributed by atoms with Crippen molar-refractivity contribution in [3.8, 4) is 0 Å². The molecule has 1 aliphatic heterocycles. The predicted octanol–water partition coefficient (Wildman–Crippen LogP) is 4.79. The van der Waals surface area contributed by atoms with E-state index >= 15 is 0 Å². The fourth-order valence-corrected chi connectivity index (χ4v) is 6.29. The van der Waals surface area contributed by atoms with Gasteiger partial charge in [0, 0.05) is 6.54 Å². The number of primary amides is 1. The predicted molar refractivity (Wildman–Crippen MR) is 134 cm³/mol. The normalized spacial score (nSPS) is 24.3. The summed E-state index contributed by atoms with van der Waals surface area (Å²) < 4.78 is 0. The van der Waals surface area contributed by atoms with Gasteiger partial charge >= 0.3 is 6.03 Å². The number of hydrogen-bond donors (Lipinski definition) is 4. The molecule has 1 aromatic rings. The summed E-state index contributed by atoms with van der Waals surface area (Å²) in [7, 11) is 0. The van der Waals surface area contributed by atoms with Crippen LogP contribution < -0.4 is 16.4 Å². The number of amides is 3. The van der Waals surface area contributed by atoms with E-state index in [2.05, 4.69) is 10.6 Å². The Morgan fingerprint density at radius 2 is 1.71 bits per heavy atom. The van der Waals surface area contributed by atoms with Gasteiger partial charge in [-0.2, -0.15) is 0 Å². The van der Waals surface area contributed by atoms with E-state index in [1.54, 1.807) is 4.90 Å². The minimum Gasteiger partial charge on any atom is -0.352 e. The summed E-state index contributed by atoms with van der Waals surface area (Å²) in [5.41, 5.74) is 6.43. The summed E-state index contributed by atoms with van der Waals surface area (Å²) in [6, 6.07) is 7.23. The highest BCUT2D eigenvalue weighted by Crippen LogP contribution is 2.38. The first kappa shape index (κ1) is 24.6. The third-order valence-electron chi connectivity index (χ3n) is 8.15. The smallest absolute Gasteiger partial charge is 0.312 e. The van der Waals surface area contributed by atoms with Gasteiger partial charge in [-0.05, 0) is 42.2 Å². The number of nitrogens with one attached hydrogen (secondary N) is 3. The van der Waals surface area contributed by atoms with Gasteiger partial charge in [-0.25, -0.2) is 4.79 Å². The summed E-state index contributed by atoms with van der Waals surface area (Å²) in [6.07, 6.45) is 15.5. The number of carbonyl (C=O) groups excluding carboxylic acids is 2. The molecule has 5 N–H and O–H groups in total. The molecule has 2 aliphatic carbocycles. The first-order valence-electron chi connectivity index (χ1n) is 13.2. The second-order valence-electron chi connectivity index (χ2n) is 10.7. The van der Waals surface area contributed by atoms with Crippen molar-refractivity contribution in [3.05, 3.63) is 35.4 Å². The molecule has 1 heterocycles. The van der Waals surface area contributed by atoms with Crippen molar-refractivity contribution in [2.75, 3.05) is 0 Å². The van der Waals surface area contributed by atoms with Crippen molar-refractivity contribution in [1.82, 2.24) is 15.5 Å². The van der Waals surface area contributed by atoms with Crippen LogP contribution in [0.15, 0.2) is 24.3 Å². The quantitative estimate of drug-likeness (QED) is 0.419. The molecule has 186 valence electrons. The van der Waals surface area contributed by atoms with Crippen molar-refractivity contribution in [1.29, 1.82) is 5.41 Å². The molecule has 1 atom stereocenters. The standard InChI is InChI=1S/C27H41N5O2/c28-25-31-27(17-21-10-5-2-6-11-21,15-14-20-8-3-1-4-9-20)24(33)32(25)19-23-13-7-12-22(16-23)18-30-26(29)34/h7,12-13,16,20-21H,1-6,8-11,14-15,17-19H2,(H2,28,31)(H3,29,30,34)/t27-/m1/s1. The summed E-state index contributed by atoms with van der Waals surface area (Å²) in [6.45, 7) is 0.713. The molecule has 0 spiro atoms. The first-order chi connectivity index (χ1) is 16.4. The summed E-state index contributed by atoms with van der Waals surface area (Å²) in [4.78, 5) is 26.6. The van der Waals surface area contributed by atoms with E-state index < -0.39 is 11.6 Å². The Labute approximate surface area is 203 Å². The van der Waals surface area contributed by atoms with Crippen LogP contribution in [0, 0.1) is 17.2 Å². The van der Waals surface area contributed by atoms with Crippen LogP contribution in [0.25, 0.3) is 0 Å². The van der Waals surface area contributed by atoms with Crippen LogP contribution in [0.2, 0.25) is 0 Å². The molecule has 0 bridgehead atoms. The maximum atomic E-state index is 13.9. The van der Waals surface area contributed by atoms with E-state index in [0.717, 1.165) is 30.4 Å². The van der Waals surface area contributed by atoms with Crippen molar-refractivity contribution < 1.29 is 9.59 Å². The van der Waals surface area contributed by atoms with Crippen LogP contribution in [0.4, 0.5) is 4.79 Å². The number of guanidine groups is 1. The van der Waals surface area contributed by atoms with Crippen molar-refractivity contribution in [2.45, 2.75) is 102 Å². The fourth-order valence-electron chi connectivity index (χ4n) is 6.29. The molecule has 1 saturated heterocycles. The average molecular weight is 468 g/mol. The SMILES string of the molecule is N=C1N[C@](CCC2CCCCC2)(CC2CCCCC2)C(=O)N1Cc1cccc(CNC(N)=O)c1. The molecule has 2 saturated carbocycles. The third kappa shape index (κ3) is 6.10. The number of carbonyl (C=O) groups is 2. The largest absolute Gasteiger partial charge is 0.352 e. The van der Waals surface area contributed by atoms with Crippen LogP contribution in [0.5, 0.6) is 0 Å². The van der Waals surface area contributed by atoms with Gasteiger partial charge in [0.1, 0.15) is 5.54 Å². The first-order valence-corrected chi connectivity index (χ1v) is 13.2. The minimum absolute atomic E-state index is 0.0690. The molecular weight excluding hydrogens is 426 g/mol. The molecule has 0 aromatic heterocycles. The maximum Gasteiger partial charge on any atom is 0.312 e. The second-order valence-corrected chi connectivity index (χ2v) is 10.7. The van der Waals surface area contributed by atoms with Crippen LogP contribution in [-0.2, 0) is 17.9 Å². The number of urea groups is 1. The van der Waals surface area contributed by atoms with E-state index in [1.165, 1.54) is 64.2 Å². The van der Waals surface area contributed by atoms with Gasteiger partial charge in [0.05, 0.1) is 6.54 Å². The minimum atomic E-state index is -0.637. The van der Waals surface area contributed by atoms with Crippen molar-refractivity contribution in [3.63, 3.8) is 0 Å². The molecule has 4 rings (SSSR count). The number of nitrogens with two attached hydrogens (primary N) is 1. The highest BCUT2D eigenvalue weighted by molar-refractivity contribution is 6.07. The summed E-state index contributed by atoms with van der Waals surface area (Å²) >= 11 is 0. The number of nitrogens with zero attached hydrogens (tertiary/aromatic N) is 1. The Kier molecular flexibility index (Phi) is 8.11. The molecule has 1 aromatic carbocycles. The molecule has 0 radical (unpaired) electrons. The lowest BCUT2D eigenvalue weighted by Gasteiger charge is -2.34. The van der Waals surface area contributed by atoms with Crippen LogP contribution in [0.1, 0.15) is 94.6 Å². The molecule has 7 nitrogen and oxygen atoms in total. The van der Waals surface area contributed by atoms with Gasteiger partial charge in [0.15, 0.2) is 5.96 Å². The van der Waals surface area contributed by atoms with E-state index in [9.17, 15) is 9.59 Å². The highest BCUT2D eigenvalue weighted by Gasteiger charge is 2.50. The molecule has 3 aliphatic rings. The van der Waals surface area contributed by atoms with Crippen molar-refractivity contribution >= 4 is 17.9 Å². The van der Waals surface area contributed by atoms with Gasteiger partial charge < -0.3 is 16.4 Å². The Bertz CT molecular complexity index is 876. The molecule has 7 heteroatoms. The Morgan fingerprint density at radius 1 is 1.06 bits per heavy atom. The van der Waals surface area contributed by atoms with E-state index in [4.69, 9.17) is 11.1 Å². The zero-order valence-electron chi connectivity index (χ0n) is 20.4. The number of rotatable bonds is 9. The van der Waals surface area contributed by atoms with Crippen LogP contribution in [0.3, 0.4) is 0 Å². The number of benzene rings is 1. The van der Waals surface area contributed by atoms with Gasteiger partial charge in [0.25, 0.3) is 5.91 Å². The average Bonchev–Trinajstić information content (AvgIpc) is 3.07. The van der Waals surface area contributed by atoms with E-state index in [1.807, 2.05) is 24.3 Å². The third-order valence-corrected chi connectivity index (χ3v) is 8.15.